The van der Waals surface area contributed by atoms with Gasteiger partial charge in [-0.15, -0.1) is 11.3 Å². The molecule has 1 rings (SSSR count). The number of hydrogen-bond donors (Lipinski definition) is 1. The first-order chi connectivity index (χ1) is 8.15. The van der Waals surface area contributed by atoms with Gasteiger partial charge in [0.15, 0.2) is 0 Å². The predicted molar refractivity (Wildman–Crippen MR) is 76.7 cm³/mol. The molecule has 0 aliphatic carbocycles. The van der Waals surface area contributed by atoms with Gasteiger partial charge in [-0.05, 0) is 51.1 Å². The van der Waals surface area contributed by atoms with Crippen molar-refractivity contribution in [2.75, 3.05) is 13.1 Å². The van der Waals surface area contributed by atoms with E-state index < -0.39 is 0 Å². The molecule has 0 spiro atoms. The normalized spacial score (nSPS) is 13.2. The third-order valence-corrected chi connectivity index (χ3v) is 4.36. The minimum absolute atomic E-state index is 0.757. The fraction of sp³-hybridized carbons (Fsp3) is 0.786. The minimum Gasteiger partial charge on any atom is -0.316 e. The van der Waals surface area contributed by atoms with Crippen LogP contribution < -0.4 is 5.32 Å². The number of aryl methyl sites for hydroxylation is 2. The van der Waals surface area contributed by atoms with Crippen molar-refractivity contribution in [2.45, 2.75) is 47.0 Å². The summed E-state index contributed by atoms with van der Waals surface area (Å²) in [6.07, 6.45) is 3.68. The van der Waals surface area contributed by atoms with Crippen molar-refractivity contribution < 1.29 is 0 Å². The highest BCUT2D eigenvalue weighted by Crippen LogP contribution is 2.21. The molecule has 0 aromatic carbocycles. The summed E-state index contributed by atoms with van der Waals surface area (Å²) in [5.41, 5.74) is 3.18. The lowest BCUT2D eigenvalue weighted by molar-refractivity contribution is 0.342. The van der Waals surface area contributed by atoms with Gasteiger partial charge in [0.2, 0.25) is 0 Å². The zero-order valence-electron chi connectivity index (χ0n) is 11.6. The third kappa shape index (κ3) is 5.17. The Morgan fingerprint density at radius 2 is 2.18 bits per heavy atom. The smallest absolute Gasteiger partial charge is 0.0797 e. The lowest BCUT2D eigenvalue weighted by atomic mass is 9.90. The van der Waals surface area contributed by atoms with Crippen molar-refractivity contribution in [1.82, 2.24) is 10.3 Å². The minimum atomic E-state index is 0.757. The van der Waals surface area contributed by atoms with Gasteiger partial charge in [0.05, 0.1) is 11.2 Å². The lowest BCUT2D eigenvalue weighted by Crippen LogP contribution is -2.27. The topological polar surface area (TPSA) is 24.9 Å². The maximum atomic E-state index is 4.32. The van der Waals surface area contributed by atoms with Gasteiger partial charge >= 0.3 is 0 Å². The van der Waals surface area contributed by atoms with E-state index in [-0.39, 0.29) is 0 Å². The Kier molecular flexibility index (Phi) is 6.75. The Balaban J connectivity index is 2.36. The molecule has 2 nitrogen and oxygen atoms in total. The first-order valence-corrected chi connectivity index (χ1v) is 7.62. The van der Waals surface area contributed by atoms with E-state index in [0.29, 0.717) is 0 Å². The van der Waals surface area contributed by atoms with Crippen molar-refractivity contribution in [3.8, 4) is 0 Å². The number of nitrogens with zero attached hydrogens (tertiary/aromatic N) is 1. The van der Waals surface area contributed by atoms with Crippen LogP contribution in [0.25, 0.3) is 0 Å². The summed E-state index contributed by atoms with van der Waals surface area (Å²) in [5, 5.41) is 3.55. The standard InChI is InChI=1S/C14H26N2S/c1-5-8-15-9-13(11(2)3)6-7-14-12(4)16-10-17-14/h10-11,13,15H,5-9H2,1-4H3. The fourth-order valence-corrected chi connectivity index (χ4v) is 2.81. The highest BCUT2D eigenvalue weighted by Gasteiger charge is 2.14. The Labute approximate surface area is 110 Å². The number of thiazole rings is 1. The van der Waals surface area contributed by atoms with Crippen LogP contribution in [0.3, 0.4) is 0 Å². The number of rotatable bonds is 8. The second kappa shape index (κ2) is 7.83. The highest BCUT2D eigenvalue weighted by atomic mass is 32.1. The first kappa shape index (κ1) is 14.7. The van der Waals surface area contributed by atoms with Crippen LogP contribution in [-0.2, 0) is 6.42 Å². The largest absolute Gasteiger partial charge is 0.316 e. The molecule has 0 fully saturated rings. The van der Waals surface area contributed by atoms with E-state index in [0.717, 1.165) is 24.9 Å². The van der Waals surface area contributed by atoms with Crippen LogP contribution in [0, 0.1) is 18.8 Å². The SMILES string of the molecule is CCCNCC(CCc1scnc1C)C(C)C. The summed E-state index contributed by atoms with van der Waals surface area (Å²) in [6, 6.07) is 0. The van der Waals surface area contributed by atoms with E-state index in [1.54, 1.807) is 11.3 Å². The Morgan fingerprint density at radius 3 is 2.71 bits per heavy atom. The fourth-order valence-electron chi connectivity index (χ4n) is 2.02. The zero-order chi connectivity index (χ0) is 12.7. The van der Waals surface area contributed by atoms with E-state index in [2.05, 4.69) is 38.0 Å². The quantitative estimate of drug-likeness (QED) is 0.716. The zero-order valence-corrected chi connectivity index (χ0v) is 12.4. The highest BCUT2D eigenvalue weighted by molar-refractivity contribution is 7.09. The summed E-state index contributed by atoms with van der Waals surface area (Å²) >= 11 is 1.80. The third-order valence-electron chi connectivity index (χ3n) is 3.36. The van der Waals surface area contributed by atoms with Crippen molar-refractivity contribution >= 4 is 11.3 Å². The van der Waals surface area contributed by atoms with Gasteiger partial charge in [0, 0.05) is 4.88 Å². The predicted octanol–water partition coefficient (Wildman–Crippen LogP) is 3.66. The van der Waals surface area contributed by atoms with Crippen LogP contribution in [0.15, 0.2) is 5.51 Å². The van der Waals surface area contributed by atoms with Gasteiger partial charge in [-0.2, -0.15) is 0 Å². The lowest BCUT2D eigenvalue weighted by Gasteiger charge is -2.21. The van der Waals surface area contributed by atoms with Crippen LogP contribution in [0.1, 0.15) is 44.2 Å². The molecule has 1 heterocycles. The molecule has 1 N–H and O–H groups in total. The number of nitrogens with one attached hydrogen (secondary N) is 1. The maximum absolute atomic E-state index is 4.32. The molecular formula is C14H26N2S. The van der Waals surface area contributed by atoms with Crippen LogP contribution in [0.4, 0.5) is 0 Å². The Hall–Kier alpha value is -0.410. The molecule has 0 amide bonds. The van der Waals surface area contributed by atoms with Gasteiger partial charge in [0.1, 0.15) is 0 Å². The van der Waals surface area contributed by atoms with Crippen molar-refractivity contribution in [3.63, 3.8) is 0 Å². The van der Waals surface area contributed by atoms with Crippen molar-refractivity contribution in [2.24, 2.45) is 11.8 Å². The summed E-state index contributed by atoms with van der Waals surface area (Å²) < 4.78 is 0. The molecular weight excluding hydrogens is 228 g/mol. The molecule has 1 aromatic rings. The summed E-state index contributed by atoms with van der Waals surface area (Å²) in [7, 11) is 0. The van der Waals surface area contributed by atoms with Gasteiger partial charge in [-0.25, -0.2) is 4.98 Å². The Bertz CT molecular complexity index is 307. The summed E-state index contributed by atoms with van der Waals surface area (Å²) in [4.78, 5) is 5.78. The monoisotopic (exact) mass is 254 g/mol. The van der Waals surface area contributed by atoms with E-state index in [1.807, 2.05) is 5.51 Å². The molecule has 0 saturated carbocycles. The van der Waals surface area contributed by atoms with E-state index in [4.69, 9.17) is 0 Å². The van der Waals surface area contributed by atoms with Crippen molar-refractivity contribution in [1.29, 1.82) is 0 Å². The molecule has 0 radical (unpaired) electrons. The van der Waals surface area contributed by atoms with Crippen LogP contribution in [0.5, 0.6) is 0 Å². The molecule has 0 saturated heterocycles. The average molecular weight is 254 g/mol. The van der Waals surface area contributed by atoms with E-state index in [9.17, 15) is 0 Å². The average Bonchev–Trinajstić information content (AvgIpc) is 2.69. The molecule has 1 atom stereocenters. The van der Waals surface area contributed by atoms with E-state index >= 15 is 0 Å². The van der Waals surface area contributed by atoms with E-state index in [1.165, 1.54) is 29.8 Å². The number of aromatic nitrogens is 1. The van der Waals surface area contributed by atoms with Gasteiger partial charge < -0.3 is 5.32 Å². The molecule has 0 bridgehead atoms. The number of hydrogen-bond acceptors (Lipinski definition) is 3. The molecule has 0 aliphatic heterocycles. The second-order valence-corrected chi connectivity index (χ2v) is 6.05. The van der Waals surface area contributed by atoms with Gasteiger partial charge in [-0.1, -0.05) is 20.8 Å². The summed E-state index contributed by atoms with van der Waals surface area (Å²) in [6.45, 7) is 11.3. The molecule has 1 aromatic heterocycles. The Morgan fingerprint density at radius 1 is 1.41 bits per heavy atom. The molecule has 98 valence electrons. The molecule has 3 heteroatoms. The first-order valence-electron chi connectivity index (χ1n) is 6.74. The van der Waals surface area contributed by atoms with Gasteiger partial charge in [-0.3, -0.25) is 0 Å². The molecule has 17 heavy (non-hydrogen) atoms. The van der Waals surface area contributed by atoms with Gasteiger partial charge in [0.25, 0.3) is 0 Å². The maximum Gasteiger partial charge on any atom is 0.0797 e. The van der Waals surface area contributed by atoms with Crippen LogP contribution in [0.2, 0.25) is 0 Å². The molecule has 1 unspecified atom stereocenters. The second-order valence-electron chi connectivity index (χ2n) is 5.11. The molecule has 0 aliphatic rings. The van der Waals surface area contributed by atoms with Crippen molar-refractivity contribution in [3.05, 3.63) is 16.1 Å². The van der Waals surface area contributed by atoms with Crippen LogP contribution >= 0.6 is 11.3 Å². The summed E-state index contributed by atoms with van der Waals surface area (Å²) in [5.74, 6) is 1.54. The van der Waals surface area contributed by atoms with Crippen LogP contribution in [-0.4, -0.2) is 18.1 Å².